The summed E-state index contributed by atoms with van der Waals surface area (Å²) in [7, 11) is 0. The van der Waals surface area contributed by atoms with Gasteiger partial charge in [-0.05, 0) is 6.92 Å². The lowest BCUT2D eigenvalue weighted by molar-refractivity contribution is -0.301. The van der Waals surface area contributed by atoms with E-state index in [4.69, 9.17) is 10.2 Å². The van der Waals surface area contributed by atoms with E-state index in [0.717, 1.165) is 0 Å². The minimum absolute atomic E-state index is 0.0458. The predicted molar refractivity (Wildman–Crippen MR) is 95.6 cm³/mol. The third kappa shape index (κ3) is 2.68. The number of nitrogens with two attached hydrogens (primary N) is 1. The number of rotatable bonds is 6. The van der Waals surface area contributed by atoms with E-state index in [2.05, 4.69) is 4.98 Å². The Hall–Kier alpha value is -2.53. The summed E-state index contributed by atoms with van der Waals surface area (Å²) in [6.45, 7) is 4.48. The summed E-state index contributed by atoms with van der Waals surface area (Å²) in [5, 5.41) is 21.6. The maximum Gasteiger partial charge on any atom is 0.298 e. The van der Waals surface area contributed by atoms with E-state index in [0.29, 0.717) is 18.0 Å². The number of amides is 2. The van der Waals surface area contributed by atoms with Crippen molar-refractivity contribution in [3.8, 4) is 0 Å². The fourth-order valence-electron chi connectivity index (χ4n) is 4.04. The van der Waals surface area contributed by atoms with Crippen molar-refractivity contribution in [3.05, 3.63) is 22.6 Å². The van der Waals surface area contributed by atoms with Crippen LogP contribution in [0.2, 0.25) is 0 Å². The maximum atomic E-state index is 12.3. The Morgan fingerprint density at radius 1 is 1.46 bits per heavy atom. The summed E-state index contributed by atoms with van der Waals surface area (Å²) in [4.78, 5) is 42.8. The molecule has 0 unspecified atom stereocenters. The molecule has 3 N–H and O–H groups in total. The Labute approximate surface area is 164 Å². The fourth-order valence-corrected chi connectivity index (χ4v) is 5.56. The summed E-state index contributed by atoms with van der Waals surface area (Å²) in [6, 6.07) is -0.0728. The van der Waals surface area contributed by atoms with E-state index in [1.807, 2.05) is 11.8 Å². The van der Waals surface area contributed by atoms with Gasteiger partial charge < -0.3 is 35.0 Å². The van der Waals surface area contributed by atoms with Crippen molar-refractivity contribution in [1.29, 1.82) is 0 Å². The van der Waals surface area contributed by atoms with Gasteiger partial charge in [0.25, 0.3) is 11.9 Å². The lowest BCUT2D eigenvalue weighted by Crippen LogP contribution is -2.64. The molecule has 150 valence electrons. The number of thioether (sulfide) groups is 1. The Morgan fingerprint density at radius 3 is 2.68 bits per heavy atom. The van der Waals surface area contributed by atoms with Crippen molar-refractivity contribution in [3.63, 3.8) is 0 Å². The molecule has 1 aromatic rings. The number of aromatic nitrogens is 1. The summed E-state index contributed by atoms with van der Waals surface area (Å²) in [6.07, 6.45) is 0.355. The molecular weight excluding hydrogens is 388 g/mol. The van der Waals surface area contributed by atoms with Gasteiger partial charge in [-0.15, -0.1) is 11.8 Å². The zero-order chi connectivity index (χ0) is 20.3. The summed E-state index contributed by atoms with van der Waals surface area (Å²) in [5.74, 6) is -3.24. The molecule has 4 atom stereocenters. The van der Waals surface area contributed by atoms with Gasteiger partial charge in [-0.25, -0.2) is 0 Å². The number of carboxylic acids is 1. The molecule has 0 saturated carbocycles. The Morgan fingerprint density at radius 2 is 2.14 bits per heavy atom. The summed E-state index contributed by atoms with van der Waals surface area (Å²) in [5.41, 5.74) is 5.11. The lowest BCUT2D eigenvalue weighted by atomic mass is 9.79. The number of oxazole rings is 1. The second-order valence-corrected chi connectivity index (χ2v) is 8.62. The third-order valence-electron chi connectivity index (χ3n) is 5.46. The Balaban J connectivity index is 1.47. The van der Waals surface area contributed by atoms with E-state index in [9.17, 15) is 24.6 Å². The molecule has 4 rings (SSSR count). The number of aliphatic hydroxyl groups excluding tert-OH is 1. The van der Waals surface area contributed by atoms with Crippen molar-refractivity contribution in [2.24, 2.45) is 17.6 Å². The molecule has 10 nitrogen and oxygen atoms in total. The van der Waals surface area contributed by atoms with Gasteiger partial charge in [0.1, 0.15) is 6.26 Å². The highest BCUT2D eigenvalue weighted by atomic mass is 32.2. The van der Waals surface area contributed by atoms with Crippen LogP contribution in [-0.2, 0) is 9.59 Å². The van der Waals surface area contributed by atoms with E-state index < -0.39 is 23.9 Å². The first kappa shape index (κ1) is 18.8. The molecule has 0 aliphatic carbocycles. The molecule has 2 amide bonds. The summed E-state index contributed by atoms with van der Waals surface area (Å²) >= 11 is 1.39. The average Bonchev–Trinajstić information content (AvgIpc) is 3.13. The Kier molecular flexibility index (Phi) is 4.38. The number of aliphatic carboxylic acids is 1. The highest BCUT2D eigenvalue weighted by molar-refractivity contribution is 8.03. The highest BCUT2D eigenvalue weighted by Crippen LogP contribution is 2.51. The van der Waals surface area contributed by atoms with Gasteiger partial charge in [0.05, 0.1) is 29.7 Å². The SMILES string of the molecule is C[C@@H](O)[C@H]1C(=O)N2C(C(=O)[O-])=C(SC3CN(c4nc(C(N)=O)co4)C3)[C@H](C)[C@H]12. The number of hydrogen-bond acceptors (Lipinski definition) is 9. The molecule has 1 aromatic heterocycles. The number of hydrogen-bond donors (Lipinski definition) is 2. The fraction of sp³-hybridized carbons (Fsp3) is 0.529. The number of aliphatic hydroxyl groups is 1. The first-order chi connectivity index (χ1) is 13.2. The number of primary amides is 1. The monoisotopic (exact) mass is 407 g/mol. The quantitative estimate of drug-likeness (QED) is 0.537. The van der Waals surface area contributed by atoms with Crippen molar-refractivity contribution < 1.29 is 29.0 Å². The number of anilines is 1. The highest BCUT2D eigenvalue weighted by Gasteiger charge is 2.59. The number of β-lactam (4-membered cyclic amide) rings is 1. The van der Waals surface area contributed by atoms with Crippen molar-refractivity contribution >= 4 is 35.6 Å². The number of carbonyl (C=O) groups is 3. The number of carboxylic acid groups (broad SMARTS) is 1. The van der Waals surface area contributed by atoms with Crippen LogP contribution in [-0.4, -0.2) is 63.3 Å². The molecule has 2 fully saturated rings. The second kappa shape index (κ2) is 6.52. The van der Waals surface area contributed by atoms with Gasteiger partial charge in [0, 0.05) is 29.2 Å². The molecule has 4 heterocycles. The van der Waals surface area contributed by atoms with E-state index >= 15 is 0 Å². The van der Waals surface area contributed by atoms with E-state index in [1.54, 1.807) is 0 Å². The topological polar surface area (TPSA) is 153 Å². The zero-order valence-electron chi connectivity index (χ0n) is 15.2. The number of nitrogens with zero attached hydrogens (tertiary/aromatic N) is 3. The van der Waals surface area contributed by atoms with Crippen LogP contribution >= 0.6 is 11.8 Å². The van der Waals surface area contributed by atoms with Gasteiger partial charge in [-0.2, -0.15) is 4.98 Å². The molecule has 0 radical (unpaired) electrons. The van der Waals surface area contributed by atoms with Crippen LogP contribution in [0.3, 0.4) is 0 Å². The molecular formula is C17H19N4O6S-. The van der Waals surface area contributed by atoms with Crippen LogP contribution in [0.5, 0.6) is 0 Å². The van der Waals surface area contributed by atoms with Gasteiger partial charge in [0.2, 0.25) is 5.91 Å². The molecule has 0 aromatic carbocycles. The van der Waals surface area contributed by atoms with Crippen molar-refractivity contribution in [2.45, 2.75) is 31.2 Å². The van der Waals surface area contributed by atoms with Crippen molar-refractivity contribution in [2.75, 3.05) is 18.0 Å². The Bertz CT molecular complexity index is 890. The van der Waals surface area contributed by atoms with Gasteiger partial charge in [-0.1, -0.05) is 6.92 Å². The number of fused-ring (bicyclic) bond motifs is 1. The molecule has 2 saturated heterocycles. The van der Waals surface area contributed by atoms with Crippen LogP contribution in [0.4, 0.5) is 6.01 Å². The van der Waals surface area contributed by atoms with Crippen LogP contribution in [0.15, 0.2) is 21.3 Å². The molecule has 11 heteroatoms. The molecule has 28 heavy (non-hydrogen) atoms. The van der Waals surface area contributed by atoms with Gasteiger partial charge >= 0.3 is 0 Å². The standard InChI is InChI=1S/C17H20N4O6S/c1-6-11-10(7(2)22)15(24)21(11)12(16(25)26)13(6)28-8-3-20(4-8)17-19-9(5-27-17)14(18)23/h5-8,10-11,22H,3-4H2,1-2H3,(H2,18,23)(H,25,26)/p-1/t6-,7-,10-,11-/m1/s1. The molecule has 0 bridgehead atoms. The van der Waals surface area contributed by atoms with Crippen LogP contribution in [0.25, 0.3) is 0 Å². The number of carbonyl (C=O) groups excluding carboxylic acids is 3. The van der Waals surface area contributed by atoms with Crippen LogP contribution < -0.4 is 15.7 Å². The van der Waals surface area contributed by atoms with E-state index in [1.165, 1.54) is 29.8 Å². The molecule has 0 spiro atoms. The zero-order valence-corrected chi connectivity index (χ0v) is 16.0. The minimum Gasteiger partial charge on any atom is -0.543 e. The maximum absolute atomic E-state index is 12.3. The average molecular weight is 407 g/mol. The summed E-state index contributed by atoms with van der Waals surface area (Å²) < 4.78 is 5.24. The first-order valence-corrected chi connectivity index (χ1v) is 9.72. The van der Waals surface area contributed by atoms with Crippen LogP contribution in [0, 0.1) is 11.8 Å². The van der Waals surface area contributed by atoms with E-state index in [-0.39, 0.29) is 40.5 Å². The smallest absolute Gasteiger partial charge is 0.298 e. The van der Waals surface area contributed by atoms with Gasteiger partial charge in [-0.3, -0.25) is 9.59 Å². The second-order valence-electron chi connectivity index (χ2n) is 7.28. The third-order valence-corrected chi connectivity index (χ3v) is 6.91. The predicted octanol–water partition coefficient (Wildman–Crippen LogP) is -1.49. The first-order valence-electron chi connectivity index (χ1n) is 8.84. The largest absolute Gasteiger partial charge is 0.543 e. The minimum atomic E-state index is -1.38. The normalized spacial score (nSPS) is 28.1. The van der Waals surface area contributed by atoms with Gasteiger partial charge in [0.15, 0.2) is 5.69 Å². The van der Waals surface area contributed by atoms with Crippen molar-refractivity contribution in [1.82, 2.24) is 9.88 Å². The molecule has 3 aliphatic heterocycles. The lowest BCUT2D eigenvalue weighted by Gasteiger charge is -2.47. The molecule has 3 aliphatic rings. The van der Waals surface area contributed by atoms with Crippen LogP contribution in [0.1, 0.15) is 24.3 Å².